The van der Waals surface area contributed by atoms with Gasteiger partial charge in [0, 0.05) is 17.4 Å². The van der Waals surface area contributed by atoms with Crippen molar-refractivity contribution < 1.29 is 0 Å². The first-order valence-corrected chi connectivity index (χ1v) is 5.14. The average molecular weight is 214 g/mol. The van der Waals surface area contributed by atoms with Gasteiger partial charge < -0.3 is 10.7 Å². The molecule has 1 aromatic heterocycles. The van der Waals surface area contributed by atoms with Crippen molar-refractivity contribution in [3.05, 3.63) is 51.9 Å². The Hall–Kier alpha value is -2.03. The molecule has 0 bridgehead atoms. The Labute approximate surface area is 93.9 Å². The highest BCUT2D eigenvalue weighted by Gasteiger charge is 2.06. The zero-order valence-corrected chi connectivity index (χ0v) is 9.37. The number of aryl methyl sites for hydroxylation is 2. The maximum atomic E-state index is 11.6. The third-order valence-corrected chi connectivity index (χ3v) is 2.72. The van der Waals surface area contributed by atoms with Crippen LogP contribution in [-0.2, 0) is 0 Å². The van der Waals surface area contributed by atoms with E-state index in [0.29, 0.717) is 5.56 Å². The molecule has 0 aliphatic carbocycles. The molecule has 0 aliphatic heterocycles. The Morgan fingerprint density at radius 1 is 1.19 bits per heavy atom. The predicted molar refractivity (Wildman–Crippen MR) is 66.4 cm³/mol. The lowest BCUT2D eigenvalue weighted by Crippen LogP contribution is -2.07. The van der Waals surface area contributed by atoms with Gasteiger partial charge in [-0.05, 0) is 54.8 Å². The smallest absolute Gasteiger partial charge is 0.255 e. The third kappa shape index (κ3) is 1.72. The van der Waals surface area contributed by atoms with Crippen molar-refractivity contribution in [1.82, 2.24) is 4.98 Å². The highest BCUT2D eigenvalue weighted by molar-refractivity contribution is 5.69. The van der Waals surface area contributed by atoms with Crippen LogP contribution in [0.1, 0.15) is 11.1 Å². The van der Waals surface area contributed by atoms with E-state index in [-0.39, 0.29) is 5.56 Å². The number of hydrogen-bond acceptors (Lipinski definition) is 2. The number of hydrogen-bond donors (Lipinski definition) is 2. The summed E-state index contributed by atoms with van der Waals surface area (Å²) in [6.45, 7) is 3.89. The van der Waals surface area contributed by atoms with Gasteiger partial charge in [-0.1, -0.05) is 0 Å². The van der Waals surface area contributed by atoms with Gasteiger partial charge in [-0.2, -0.15) is 0 Å². The first-order valence-electron chi connectivity index (χ1n) is 5.14. The number of aromatic nitrogens is 1. The fourth-order valence-corrected chi connectivity index (χ4v) is 1.78. The Kier molecular flexibility index (Phi) is 2.52. The summed E-state index contributed by atoms with van der Waals surface area (Å²) in [5.74, 6) is 0. The fraction of sp³-hybridized carbons (Fsp3) is 0.154. The molecule has 3 N–H and O–H groups in total. The number of H-pyrrole nitrogens is 1. The van der Waals surface area contributed by atoms with E-state index in [2.05, 4.69) is 4.98 Å². The lowest BCUT2D eigenvalue weighted by atomic mass is 10.0. The summed E-state index contributed by atoms with van der Waals surface area (Å²) in [4.78, 5) is 14.3. The fourth-order valence-electron chi connectivity index (χ4n) is 1.78. The van der Waals surface area contributed by atoms with Crippen LogP contribution in [0.4, 0.5) is 5.69 Å². The van der Waals surface area contributed by atoms with Gasteiger partial charge in [0.1, 0.15) is 0 Å². The number of rotatable bonds is 1. The highest BCUT2D eigenvalue weighted by atomic mass is 16.1. The van der Waals surface area contributed by atoms with Gasteiger partial charge in [0.15, 0.2) is 0 Å². The van der Waals surface area contributed by atoms with Crippen molar-refractivity contribution >= 4 is 5.69 Å². The predicted octanol–water partition coefficient (Wildman–Crippen LogP) is 2.24. The van der Waals surface area contributed by atoms with Crippen LogP contribution in [0.3, 0.4) is 0 Å². The molecule has 3 nitrogen and oxygen atoms in total. The van der Waals surface area contributed by atoms with E-state index in [1.807, 2.05) is 38.1 Å². The lowest BCUT2D eigenvalue weighted by molar-refractivity contribution is 1.24. The number of aromatic amines is 1. The van der Waals surface area contributed by atoms with Crippen LogP contribution < -0.4 is 11.3 Å². The maximum absolute atomic E-state index is 11.6. The van der Waals surface area contributed by atoms with Gasteiger partial charge in [0.2, 0.25) is 0 Å². The van der Waals surface area contributed by atoms with Gasteiger partial charge in [0.25, 0.3) is 5.56 Å². The lowest BCUT2D eigenvalue weighted by Gasteiger charge is -2.08. The zero-order valence-electron chi connectivity index (χ0n) is 9.37. The zero-order chi connectivity index (χ0) is 11.7. The molecule has 82 valence electrons. The first-order chi connectivity index (χ1) is 7.59. The van der Waals surface area contributed by atoms with Gasteiger partial charge >= 0.3 is 0 Å². The Morgan fingerprint density at radius 3 is 2.38 bits per heavy atom. The molecule has 0 spiro atoms. The molecule has 1 heterocycles. The summed E-state index contributed by atoms with van der Waals surface area (Å²) >= 11 is 0. The SMILES string of the molecule is Cc1cc(-c2ccc[nH]c2=O)cc(C)c1N. The minimum absolute atomic E-state index is 0.0777. The Balaban J connectivity index is 2.67. The van der Waals surface area contributed by atoms with E-state index in [1.165, 1.54) is 0 Å². The minimum atomic E-state index is -0.0777. The number of nitrogens with two attached hydrogens (primary N) is 1. The van der Waals surface area contributed by atoms with Crippen molar-refractivity contribution in [2.24, 2.45) is 0 Å². The molecule has 2 aromatic rings. The van der Waals surface area contributed by atoms with Crippen LogP contribution in [0.5, 0.6) is 0 Å². The highest BCUT2D eigenvalue weighted by Crippen LogP contribution is 2.24. The van der Waals surface area contributed by atoms with Crippen molar-refractivity contribution in [2.45, 2.75) is 13.8 Å². The Bertz CT molecular complexity index is 561. The molecule has 0 radical (unpaired) electrons. The molecule has 3 heteroatoms. The quantitative estimate of drug-likeness (QED) is 0.715. The van der Waals surface area contributed by atoms with E-state index in [4.69, 9.17) is 5.73 Å². The second-order valence-corrected chi connectivity index (χ2v) is 3.94. The summed E-state index contributed by atoms with van der Waals surface area (Å²) in [5.41, 5.74) is 10.2. The van der Waals surface area contributed by atoms with Crippen LogP contribution in [0, 0.1) is 13.8 Å². The van der Waals surface area contributed by atoms with Crippen molar-refractivity contribution in [2.75, 3.05) is 5.73 Å². The van der Waals surface area contributed by atoms with Gasteiger partial charge in [-0.25, -0.2) is 0 Å². The summed E-state index contributed by atoms with van der Waals surface area (Å²) in [7, 11) is 0. The standard InChI is InChI=1S/C13H14N2O/c1-8-6-10(7-9(2)12(8)14)11-4-3-5-15-13(11)16/h3-7H,14H2,1-2H3,(H,15,16). The third-order valence-electron chi connectivity index (χ3n) is 2.72. The van der Waals surface area contributed by atoms with Crippen LogP contribution in [0.15, 0.2) is 35.3 Å². The van der Waals surface area contributed by atoms with E-state index < -0.39 is 0 Å². The van der Waals surface area contributed by atoms with Gasteiger partial charge in [-0.3, -0.25) is 4.79 Å². The molecule has 0 saturated heterocycles. The van der Waals surface area contributed by atoms with Crippen LogP contribution in [-0.4, -0.2) is 4.98 Å². The molecular formula is C13H14N2O. The van der Waals surface area contributed by atoms with Crippen LogP contribution >= 0.6 is 0 Å². The summed E-state index contributed by atoms with van der Waals surface area (Å²) < 4.78 is 0. The van der Waals surface area contributed by atoms with Gasteiger partial charge in [0.05, 0.1) is 0 Å². The van der Waals surface area contributed by atoms with Crippen LogP contribution in [0.2, 0.25) is 0 Å². The number of anilines is 1. The van der Waals surface area contributed by atoms with E-state index in [1.54, 1.807) is 6.20 Å². The number of nitrogens with one attached hydrogen (secondary N) is 1. The van der Waals surface area contributed by atoms with Crippen LogP contribution in [0.25, 0.3) is 11.1 Å². The molecule has 1 aromatic carbocycles. The van der Waals surface area contributed by atoms with E-state index in [9.17, 15) is 4.79 Å². The molecule has 0 unspecified atom stereocenters. The summed E-state index contributed by atoms with van der Waals surface area (Å²) in [5, 5.41) is 0. The average Bonchev–Trinajstić information content (AvgIpc) is 2.26. The molecule has 0 amide bonds. The van der Waals surface area contributed by atoms with E-state index in [0.717, 1.165) is 22.4 Å². The second kappa shape index (κ2) is 3.85. The first kappa shape index (κ1) is 10.5. The molecule has 2 rings (SSSR count). The number of nitrogen functional groups attached to an aromatic ring is 1. The molecule has 16 heavy (non-hydrogen) atoms. The molecule has 0 fully saturated rings. The van der Waals surface area contributed by atoms with Crippen molar-refractivity contribution in [3.8, 4) is 11.1 Å². The molecule has 0 atom stereocenters. The normalized spacial score (nSPS) is 10.4. The monoisotopic (exact) mass is 214 g/mol. The summed E-state index contributed by atoms with van der Waals surface area (Å²) in [6, 6.07) is 7.50. The van der Waals surface area contributed by atoms with Gasteiger partial charge in [-0.15, -0.1) is 0 Å². The largest absolute Gasteiger partial charge is 0.398 e. The van der Waals surface area contributed by atoms with E-state index >= 15 is 0 Å². The van der Waals surface area contributed by atoms with Crippen molar-refractivity contribution in [1.29, 1.82) is 0 Å². The molecule has 0 aliphatic rings. The maximum Gasteiger partial charge on any atom is 0.255 e. The second-order valence-electron chi connectivity index (χ2n) is 3.94. The Morgan fingerprint density at radius 2 is 1.81 bits per heavy atom. The summed E-state index contributed by atoms with van der Waals surface area (Å²) in [6.07, 6.45) is 1.63. The number of pyridine rings is 1. The topological polar surface area (TPSA) is 58.9 Å². The molecule has 0 saturated carbocycles. The minimum Gasteiger partial charge on any atom is -0.398 e. The molecular weight excluding hydrogens is 200 g/mol. The van der Waals surface area contributed by atoms with Crippen molar-refractivity contribution in [3.63, 3.8) is 0 Å². The number of benzene rings is 1.